The molecule has 1 fully saturated rings. The third-order valence-electron chi connectivity index (χ3n) is 4.98. The summed E-state index contributed by atoms with van der Waals surface area (Å²) in [5.41, 5.74) is 4.67. The highest BCUT2D eigenvalue weighted by molar-refractivity contribution is 5.78. The molecule has 4 aromatic rings. The number of aromatic amines is 1. The molecule has 0 bridgehead atoms. The topological polar surface area (TPSA) is 76.7 Å². The van der Waals surface area contributed by atoms with E-state index in [1.165, 1.54) is 12.8 Å². The maximum absolute atomic E-state index is 4.87. The van der Waals surface area contributed by atoms with E-state index in [2.05, 4.69) is 38.2 Å². The monoisotopic (exact) mass is 333 g/mol. The largest absolute Gasteiger partial charge is 0.285 e. The van der Waals surface area contributed by atoms with Crippen LogP contribution in [-0.2, 0) is 0 Å². The van der Waals surface area contributed by atoms with Crippen LogP contribution >= 0.6 is 0 Å². The molecule has 0 spiro atoms. The molecule has 0 saturated heterocycles. The first-order valence-corrected chi connectivity index (χ1v) is 8.71. The van der Waals surface area contributed by atoms with Gasteiger partial charge in [0.15, 0.2) is 0 Å². The van der Waals surface area contributed by atoms with Gasteiger partial charge in [-0.05, 0) is 31.2 Å². The van der Waals surface area contributed by atoms with Crippen molar-refractivity contribution in [3.05, 3.63) is 43.2 Å². The lowest BCUT2D eigenvalue weighted by atomic mass is 10.1. The summed E-state index contributed by atoms with van der Waals surface area (Å²) in [5, 5.41) is 15.9. The molecule has 0 radical (unpaired) electrons. The zero-order valence-corrected chi connectivity index (χ0v) is 14.0. The quantitative estimate of drug-likeness (QED) is 0.607. The van der Waals surface area contributed by atoms with E-state index in [4.69, 9.17) is 4.98 Å². The molecule has 1 saturated carbocycles. The summed E-state index contributed by atoms with van der Waals surface area (Å²) in [6, 6.07) is 2.48. The molecule has 7 heteroatoms. The number of nitrogens with one attached hydrogen (secondary N) is 1. The van der Waals surface area contributed by atoms with Crippen molar-refractivity contribution in [2.24, 2.45) is 5.92 Å². The molecule has 1 aliphatic carbocycles. The summed E-state index contributed by atoms with van der Waals surface area (Å²) < 4.78 is 3.98. The number of fused-ring (bicyclic) bond motifs is 1. The lowest BCUT2D eigenvalue weighted by Gasteiger charge is -2.14. The molecule has 0 aromatic carbocycles. The minimum atomic E-state index is 0.492. The predicted molar refractivity (Wildman–Crippen MR) is 93.8 cm³/mol. The molecule has 4 heterocycles. The third kappa shape index (κ3) is 2.43. The van der Waals surface area contributed by atoms with Crippen molar-refractivity contribution in [2.45, 2.75) is 32.2 Å². The standard InChI is InChI=1S/C18H19N7/c1-2-16(12-3-4-12)24-10-14(9-22-24)18-17-5-6-21-25(17)11-15(23-18)13-7-19-20-8-13/h5-12,16H,2-4H2,1H3,(H,19,20). The van der Waals surface area contributed by atoms with E-state index in [1.807, 2.05) is 29.2 Å². The van der Waals surface area contributed by atoms with Crippen LogP contribution in [-0.4, -0.2) is 34.6 Å². The Bertz CT molecular complexity index is 1010. The number of aromatic nitrogens is 7. The Labute approximate surface area is 144 Å². The molecule has 7 nitrogen and oxygen atoms in total. The second-order valence-corrected chi connectivity index (χ2v) is 6.64. The van der Waals surface area contributed by atoms with Gasteiger partial charge in [0.05, 0.1) is 47.7 Å². The van der Waals surface area contributed by atoms with Gasteiger partial charge in [0.1, 0.15) is 0 Å². The average molecular weight is 333 g/mol. The third-order valence-corrected chi connectivity index (χ3v) is 4.98. The number of hydrogen-bond donors (Lipinski definition) is 1. The fourth-order valence-electron chi connectivity index (χ4n) is 3.53. The van der Waals surface area contributed by atoms with Gasteiger partial charge in [-0.2, -0.15) is 15.3 Å². The molecule has 25 heavy (non-hydrogen) atoms. The minimum Gasteiger partial charge on any atom is -0.285 e. The number of nitrogens with zero attached hydrogens (tertiary/aromatic N) is 6. The minimum absolute atomic E-state index is 0.492. The first-order valence-electron chi connectivity index (χ1n) is 8.71. The number of rotatable bonds is 5. The number of H-pyrrole nitrogens is 1. The van der Waals surface area contributed by atoms with Gasteiger partial charge < -0.3 is 0 Å². The first kappa shape index (κ1) is 14.4. The van der Waals surface area contributed by atoms with Gasteiger partial charge in [0.25, 0.3) is 0 Å². The van der Waals surface area contributed by atoms with E-state index in [1.54, 1.807) is 12.4 Å². The summed E-state index contributed by atoms with van der Waals surface area (Å²) in [6.45, 7) is 2.23. The molecule has 1 aliphatic rings. The van der Waals surface area contributed by atoms with Crippen LogP contribution in [0.4, 0.5) is 0 Å². The van der Waals surface area contributed by atoms with Crippen molar-refractivity contribution in [3.63, 3.8) is 0 Å². The maximum atomic E-state index is 4.87. The predicted octanol–water partition coefficient (Wildman–Crippen LogP) is 3.34. The van der Waals surface area contributed by atoms with Crippen LogP contribution in [0.1, 0.15) is 32.2 Å². The Balaban J connectivity index is 1.62. The van der Waals surface area contributed by atoms with Crippen LogP contribution in [0.25, 0.3) is 28.0 Å². The molecule has 1 N–H and O–H groups in total. The molecule has 126 valence electrons. The Morgan fingerprint density at radius 2 is 2.12 bits per heavy atom. The van der Waals surface area contributed by atoms with E-state index in [9.17, 15) is 0 Å². The highest BCUT2D eigenvalue weighted by atomic mass is 15.3. The van der Waals surface area contributed by atoms with E-state index in [0.717, 1.165) is 40.4 Å². The Morgan fingerprint density at radius 1 is 1.20 bits per heavy atom. The van der Waals surface area contributed by atoms with E-state index >= 15 is 0 Å². The molecule has 1 atom stereocenters. The van der Waals surface area contributed by atoms with Gasteiger partial charge in [-0.1, -0.05) is 6.92 Å². The summed E-state index contributed by atoms with van der Waals surface area (Å²) >= 11 is 0. The van der Waals surface area contributed by atoms with Gasteiger partial charge in [0.2, 0.25) is 0 Å². The SMILES string of the molecule is CCC(C1CC1)n1cc(-c2nc(-c3cn[nH]c3)cn3nccc23)cn1. The maximum Gasteiger partial charge on any atom is 0.0999 e. The smallest absolute Gasteiger partial charge is 0.0999 e. The van der Waals surface area contributed by atoms with Crippen molar-refractivity contribution >= 4 is 5.52 Å². The van der Waals surface area contributed by atoms with Crippen molar-refractivity contribution in [2.75, 3.05) is 0 Å². The molecule has 0 amide bonds. The lowest BCUT2D eigenvalue weighted by molar-refractivity contribution is 0.394. The van der Waals surface area contributed by atoms with Gasteiger partial charge in [-0.25, -0.2) is 9.50 Å². The summed E-state index contributed by atoms with van der Waals surface area (Å²) in [4.78, 5) is 4.87. The fraction of sp³-hybridized carbons (Fsp3) is 0.333. The summed E-state index contributed by atoms with van der Waals surface area (Å²) in [5.74, 6) is 0.776. The highest BCUT2D eigenvalue weighted by Crippen LogP contribution is 2.41. The fourth-order valence-corrected chi connectivity index (χ4v) is 3.53. The van der Waals surface area contributed by atoms with Crippen LogP contribution in [0.2, 0.25) is 0 Å². The van der Waals surface area contributed by atoms with Crippen molar-refractivity contribution < 1.29 is 0 Å². The lowest BCUT2D eigenvalue weighted by Crippen LogP contribution is -2.10. The molecule has 5 rings (SSSR count). The van der Waals surface area contributed by atoms with Gasteiger partial charge in [0, 0.05) is 23.5 Å². The molecule has 0 aliphatic heterocycles. The van der Waals surface area contributed by atoms with Gasteiger partial charge >= 0.3 is 0 Å². The van der Waals surface area contributed by atoms with Crippen LogP contribution in [0.15, 0.2) is 43.2 Å². The first-order chi connectivity index (χ1) is 12.3. The van der Waals surface area contributed by atoms with E-state index in [-0.39, 0.29) is 0 Å². The van der Waals surface area contributed by atoms with Gasteiger partial charge in [-0.15, -0.1) is 0 Å². The van der Waals surface area contributed by atoms with Crippen LogP contribution in [0, 0.1) is 5.92 Å². The zero-order valence-electron chi connectivity index (χ0n) is 14.0. The van der Waals surface area contributed by atoms with Crippen molar-refractivity contribution in [1.82, 2.24) is 34.6 Å². The highest BCUT2D eigenvalue weighted by Gasteiger charge is 2.31. The Morgan fingerprint density at radius 3 is 2.88 bits per heavy atom. The molecule has 4 aromatic heterocycles. The zero-order chi connectivity index (χ0) is 16.8. The summed E-state index contributed by atoms with van der Waals surface area (Å²) in [7, 11) is 0. The average Bonchev–Trinajstić information content (AvgIpc) is 3.09. The van der Waals surface area contributed by atoms with E-state index < -0.39 is 0 Å². The van der Waals surface area contributed by atoms with E-state index in [0.29, 0.717) is 6.04 Å². The van der Waals surface area contributed by atoms with Crippen molar-refractivity contribution in [3.8, 4) is 22.5 Å². The second-order valence-electron chi connectivity index (χ2n) is 6.64. The van der Waals surface area contributed by atoms with Crippen LogP contribution < -0.4 is 0 Å². The van der Waals surface area contributed by atoms with Gasteiger partial charge in [-0.3, -0.25) is 9.78 Å². The molecular formula is C18H19N7. The van der Waals surface area contributed by atoms with Crippen molar-refractivity contribution in [1.29, 1.82) is 0 Å². The van der Waals surface area contributed by atoms with Crippen LogP contribution in [0.3, 0.4) is 0 Å². The second kappa shape index (κ2) is 5.54. The molecular weight excluding hydrogens is 314 g/mol. The summed E-state index contributed by atoms with van der Waals surface area (Å²) in [6.07, 6.45) is 15.1. The van der Waals surface area contributed by atoms with Crippen LogP contribution in [0.5, 0.6) is 0 Å². The molecule has 1 unspecified atom stereocenters. The Kier molecular flexibility index (Phi) is 3.19. The Hall–Kier alpha value is -2.96. The number of hydrogen-bond acceptors (Lipinski definition) is 4. The normalized spacial score (nSPS) is 15.7.